The van der Waals surface area contributed by atoms with Crippen LogP contribution >= 0.6 is 11.8 Å². The molecule has 0 aliphatic heterocycles. The van der Waals surface area contributed by atoms with Crippen LogP contribution in [0.4, 0.5) is 5.69 Å². The Hall–Kier alpha value is -1.94. The van der Waals surface area contributed by atoms with E-state index in [0.29, 0.717) is 12.1 Å². The van der Waals surface area contributed by atoms with Crippen LogP contribution in [0.5, 0.6) is 0 Å². The summed E-state index contributed by atoms with van der Waals surface area (Å²) in [5.41, 5.74) is 8.11. The number of hydrogen-bond acceptors (Lipinski definition) is 3. The number of carbonyl (C=O) groups is 1. The second kappa shape index (κ2) is 7.55. The zero-order valence-corrected chi connectivity index (χ0v) is 13.9. The number of nitrogens with two attached hydrogens (primary N) is 1. The molecule has 1 saturated carbocycles. The first-order valence-electron chi connectivity index (χ1n) is 8.10. The zero-order valence-electron chi connectivity index (χ0n) is 13.1. The molecule has 3 nitrogen and oxygen atoms in total. The van der Waals surface area contributed by atoms with Crippen molar-refractivity contribution in [3.8, 4) is 0 Å². The lowest BCUT2D eigenvalue weighted by molar-refractivity contribution is 0.1000. The lowest BCUT2D eigenvalue weighted by Gasteiger charge is -2.15. The Bertz CT molecular complexity index is 681. The van der Waals surface area contributed by atoms with Crippen molar-refractivity contribution in [3.05, 3.63) is 59.7 Å². The van der Waals surface area contributed by atoms with Crippen LogP contribution in [0.3, 0.4) is 0 Å². The van der Waals surface area contributed by atoms with Gasteiger partial charge in [-0.25, -0.2) is 0 Å². The largest absolute Gasteiger partial charge is 0.380 e. The van der Waals surface area contributed by atoms with E-state index in [0.717, 1.165) is 16.5 Å². The summed E-state index contributed by atoms with van der Waals surface area (Å²) in [4.78, 5) is 12.6. The third kappa shape index (κ3) is 4.29. The van der Waals surface area contributed by atoms with Gasteiger partial charge in [0.15, 0.2) is 0 Å². The smallest absolute Gasteiger partial charge is 0.248 e. The zero-order chi connectivity index (χ0) is 16.1. The predicted molar refractivity (Wildman–Crippen MR) is 96.8 cm³/mol. The average molecular weight is 326 g/mol. The predicted octanol–water partition coefficient (Wildman–Crippen LogP) is 4.43. The lowest BCUT2D eigenvalue weighted by Crippen LogP contribution is -2.11. The maximum Gasteiger partial charge on any atom is 0.248 e. The Morgan fingerprint density at radius 2 is 1.91 bits per heavy atom. The molecule has 0 saturated heterocycles. The van der Waals surface area contributed by atoms with Gasteiger partial charge >= 0.3 is 0 Å². The number of hydrogen-bond donors (Lipinski definition) is 2. The van der Waals surface area contributed by atoms with Gasteiger partial charge in [-0.2, -0.15) is 0 Å². The molecule has 3 N–H and O–H groups in total. The Labute approximate surface area is 141 Å². The van der Waals surface area contributed by atoms with Crippen LogP contribution in [0.2, 0.25) is 0 Å². The van der Waals surface area contributed by atoms with E-state index in [2.05, 4.69) is 29.6 Å². The highest BCUT2D eigenvalue weighted by atomic mass is 32.2. The number of para-hydroxylation sites is 1. The summed E-state index contributed by atoms with van der Waals surface area (Å²) in [7, 11) is 0. The normalized spacial score (nSPS) is 14.8. The summed E-state index contributed by atoms with van der Waals surface area (Å²) in [5.74, 6) is -0.385. The summed E-state index contributed by atoms with van der Waals surface area (Å²) in [6.07, 6.45) is 5.35. The molecule has 1 aliphatic rings. The Balaban J connectivity index is 1.68. The Morgan fingerprint density at radius 1 is 1.13 bits per heavy atom. The molecular weight excluding hydrogens is 304 g/mol. The number of amides is 1. The lowest BCUT2D eigenvalue weighted by atomic mass is 10.1. The molecule has 120 valence electrons. The molecule has 2 aromatic carbocycles. The third-order valence-corrected chi connectivity index (χ3v) is 5.59. The molecular formula is C19H22N2OS. The number of thioether (sulfide) groups is 1. The van der Waals surface area contributed by atoms with Crippen molar-refractivity contribution in [2.45, 2.75) is 42.4 Å². The molecule has 0 bridgehead atoms. The maximum absolute atomic E-state index is 11.3. The van der Waals surface area contributed by atoms with E-state index in [4.69, 9.17) is 5.73 Å². The molecule has 0 unspecified atom stereocenters. The summed E-state index contributed by atoms with van der Waals surface area (Å²) in [6, 6.07) is 15.9. The van der Waals surface area contributed by atoms with Gasteiger partial charge in [0, 0.05) is 27.9 Å². The molecule has 0 radical (unpaired) electrons. The molecule has 23 heavy (non-hydrogen) atoms. The first kappa shape index (κ1) is 15.9. The second-order valence-corrected chi connectivity index (χ2v) is 7.28. The van der Waals surface area contributed by atoms with Gasteiger partial charge in [0.05, 0.1) is 0 Å². The van der Waals surface area contributed by atoms with Crippen molar-refractivity contribution in [1.82, 2.24) is 0 Å². The van der Waals surface area contributed by atoms with E-state index in [9.17, 15) is 4.79 Å². The molecule has 1 fully saturated rings. The molecule has 0 heterocycles. The molecule has 0 aromatic heterocycles. The van der Waals surface area contributed by atoms with Crippen LogP contribution in [0.25, 0.3) is 0 Å². The first-order chi connectivity index (χ1) is 11.2. The van der Waals surface area contributed by atoms with Gasteiger partial charge in [-0.1, -0.05) is 37.1 Å². The minimum atomic E-state index is -0.385. The highest BCUT2D eigenvalue weighted by Crippen LogP contribution is 2.38. The van der Waals surface area contributed by atoms with Gasteiger partial charge in [-0.3, -0.25) is 4.79 Å². The standard InChI is InChI=1S/C19H22N2OS/c20-19(22)15-7-5-6-14(12-15)13-21-17-10-3-4-11-18(17)23-16-8-1-2-9-16/h3-7,10-12,16,21H,1-2,8-9,13H2,(H2,20,22). The summed E-state index contributed by atoms with van der Waals surface area (Å²) >= 11 is 1.98. The highest BCUT2D eigenvalue weighted by molar-refractivity contribution is 8.00. The number of nitrogens with one attached hydrogen (secondary N) is 1. The second-order valence-electron chi connectivity index (χ2n) is 5.94. The summed E-state index contributed by atoms with van der Waals surface area (Å²) < 4.78 is 0. The SMILES string of the molecule is NC(=O)c1cccc(CNc2ccccc2SC2CCCC2)c1. The molecule has 3 rings (SSSR count). The van der Waals surface area contributed by atoms with Crippen LogP contribution in [-0.4, -0.2) is 11.2 Å². The molecule has 1 amide bonds. The number of anilines is 1. The van der Waals surface area contributed by atoms with Gasteiger partial charge in [-0.05, 0) is 42.7 Å². The van der Waals surface area contributed by atoms with Gasteiger partial charge in [0.1, 0.15) is 0 Å². The van der Waals surface area contributed by atoms with Crippen molar-refractivity contribution in [2.24, 2.45) is 5.73 Å². The van der Waals surface area contributed by atoms with Gasteiger partial charge in [0.25, 0.3) is 0 Å². The minimum absolute atomic E-state index is 0.385. The van der Waals surface area contributed by atoms with E-state index >= 15 is 0 Å². The number of rotatable bonds is 6. The van der Waals surface area contributed by atoms with Crippen molar-refractivity contribution < 1.29 is 4.79 Å². The quantitative estimate of drug-likeness (QED) is 0.825. The van der Waals surface area contributed by atoms with Gasteiger partial charge in [0.2, 0.25) is 5.91 Å². The van der Waals surface area contributed by atoms with E-state index in [1.807, 2.05) is 30.0 Å². The minimum Gasteiger partial charge on any atom is -0.380 e. The monoisotopic (exact) mass is 326 g/mol. The topological polar surface area (TPSA) is 55.1 Å². The number of primary amides is 1. The molecule has 2 aromatic rings. The number of carbonyl (C=O) groups excluding carboxylic acids is 1. The fourth-order valence-corrected chi connectivity index (χ4v) is 4.29. The van der Waals surface area contributed by atoms with E-state index < -0.39 is 0 Å². The van der Waals surface area contributed by atoms with Gasteiger partial charge < -0.3 is 11.1 Å². The first-order valence-corrected chi connectivity index (χ1v) is 8.98. The van der Waals surface area contributed by atoms with Crippen molar-refractivity contribution in [1.29, 1.82) is 0 Å². The van der Waals surface area contributed by atoms with Crippen LogP contribution in [0.15, 0.2) is 53.4 Å². The molecule has 1 aliphatic carbocycles. The molecule has 0 spiro atoms. The fraction of sp³-hybridized carbons (Fsp3) is 0.316. The van der Waals surface area contributed by atoms with Crippen LogP contribution < -0.4 is 11.1 Å². The third-order valence-electron chi connectivity index (χ3n) is 4.18. The average Bonchev–Trinajstić information content (AvgIpc) is 3.07. The van der Waals surface area contributed by atoms with Crippen molar-refractivity contribution in [3.63, 3.8) is 0 Å². The van der Waals surface area contributed by atoms with Crippen LogP contribution in [-0.2, 0) is 6.54 Å². The summed E-state index contributed by atoms with van der Waals surface area (Å²) in [6.45, 7) is 0.684. The fourth-order valence-electron chi connectivity index (χ4n) is 2.93. The Morgan fingerprint density at radius 3 is 2.70 bits per heavy atom. The summed E-state index contributed by atoms with van der Waals surface area (Å²) in [5, 5.41) is 4.24. The van der Waals surface area contributed by atoms with Crippen LogP contribution in [0.1, 0.15) is 41.6 Å². The van der Waals surface area contributed by atoms with Crippen molar-refractivity contribution in [2.75, 3.05) is 5.32 Å². The van der Waals surface area contributed by atoms with Gasteiger partial charge in [-0.15, -0.1) is 11.8 Å². The van der Waals surface area contributed by atoms with E-state index in [1.165, 1.54) is 30.6 Å². The van der Waals surface area contributed by atoms with E-state index in [-0.39, 0.29) is 5.91 Å². The van der Waals surface area contributed by atoms with E-state index in [1.54, 1.807) is 6.07 Å². The molecule has 0 atom stereocenters. The van der Waals surface area contributed by atoms with Crippen molar-refractivity contribution >= 4 is 23.4 Å². The molecule has 4 heteroatoms. The maximum atomic E-state index is 11.3. The highest BCUT2D eigenvalue weighted by Gasteiger charge is 2.17. The Kier molecular flexibility index (Phi) is 5.23. The van der Waals surface area contributed by atoms with Crippen LogP contribution in [0, 0.1) is 0 Å². The number of benzene rings is 2.